The van der Waals surface area contributed by atoms with Gasteiger partial charge in [-0.15, -0.1) is 0 Å². The van der Waals surface area contributed by atoms with Gasteiger partial charge in [0.25, 0.3) is 0 Å². The van der Waals surface area contributed by atoms with Crippen LogP contribution in [0.3, 0.4) is 0 Å². The molecule has 1 amide bonds. The van der Waals surface area contributed by atoms with Crippen molar-refractivity contribution in [3.05, 3.63) is 40.9 Å². The van der Waals surface area contributed by atoms with Gasteiger partial charge in [0.05, 0.1) is 19.8 Å². The molecule has 5 nitrogen and oxygen atoms in total. The van der Waals surface area contributed by atoms with E-state index in [0.717, 1.165) is 5.56 Å². The summed E-state index contributed by atoms with van der Waals surface area (Å²) < 4.78 is 0. The molecule has 0 bridgehead atoms. The normalized spacial score (nSPS) is 11.8. The van der Waals surface area contributed by atoms with Crippen LogP contribution in [-0.2, 0) is 4.79 Å². The molecule has 0 unspecified atom stereocenters. The van der Waals surface area contributed by atoms with E-state index in [0.29, 0.717) is 5.02 Å². The van der Waals surface area contributed by atoms with Crippen molar-refractivity contribution in [2.45, 2.75) is 5.54 Å². The second kappa shape index (κ2) is 7.25. The highest BCUT2D eigenvalue weighted by Crippen LogP contribution is 2.10. The van der Waals surface area contributed by atoms with Gasteiger partial charge in [-0.25, -0.2) is 0 Å². The molecule has 0 spiro atoms. The topological polar surface area (TPSA) is 89.8 Å². The monoisotopic (exact) mass is 285 g/mol. The van der Waals surface area contributed by atoms with E-state index in [1.165, 1.54) is 6.08 Å². The highest BCUT2D eigenvalue weighted by molar-refractivity contribution is 6.30. The lowest BCUT2D eigenvalue weighted by atomic mass is 10.0. The molecule has 0 aliphatic rings. The van der Waals surface area contributed by atoms with Gasteiger partial charge in [-0.05, 0) is 23.8 Å². The van der Waals surface area contributed by atoms with Crippen LogP contribution in [0.1, 0.15) is 5.56 Å². The molecule has 1 rings (SSSR count). The molecule has 6 heteroatoms. The highest BCUT2D eigenvalue weighted by atomic mass is 35.5. The third-order valence-electron chi connectivity index (χ3n) is 2.59. The predicted molar refractivity (Wildman–Crippen MR) is 72.6 cm³/mol. The minimum Gasteiger partial charge on any atom is -0.394 e. The maximum absolute atomic E-state index is 11.6. The van der Waals surface area contributed by atoms with Gasteiger partial charge in [-0.1, -0.05) is 23.7 Å². The fraction of sp³-hybridized carbons (Fsp3) is 0.308. The Balaban J connectivity index is 2.66. The number of aliphatic hydroxyl groups excluding tert-OH is 3. The van der Waals surface area contributed by atoms with Gasteiger partial charge in [0.1, 0.15) is 5.54 Å². The van der Waals surface area contributed by atoms with Crippen LogP contribution < -0.4 is 5.32 Å². The molecule has 4 N–H and O–H groups in total. The summed E-state index contributed by atoms with van der Waals surface area (Å²) in [4.78, 5) is 11.6. The zero-order valence-electron chi connectivity index (χ0n) is 10.2. The van der Waals surface area contributed by atoms with Crippen molar-refractivity contribution in [2.24, 2.45) is 0 Å². The van der Waals surface area contributed by atoms with Gasteiger partial charge >= 0.3 is 0 Å². The minimum absolute atomic E-state index is 0.521. The summed E-state index contributed by atoms with van der Waals surface area (Å²) in [7, 11) is 0. The van der Waals surface area contributed by atoms with E-state index in [2.05, 4.69) is 5.32 Å². The number of nitrogens with one attached hydrogen (secondary N) is 1. The van der Waals surface area contributed by atoms with Crippen molar-refractivity contribution >= 4 is 23.6 Å². The van der Waals surface area contributed by atoms with Gasteiger partial charge < -0.3 is 20.6 Å². The Morgan fingerprint density at radius 1 is 1.16 bits per heavy atom. The number of benzene rings is 1. The Morgan fingerprint density at radius 3 is 2.16 bits per heavy atom. The van der Waals surface area contributed by atoms with Crippen molar-refractivity contribution < 1.29 is 20.1 Å². The van der Waals surface area contributed by atoms with Crippen LogP contribution in [0.25, 0.3) is 6.08 Å². The Labute approximate surface area is 116 Å². The first-order valence-electron chi connectivity index (χ1n) is 5.63. The first-order chi connectivity index (χ1) is 9.05. The van der Waals surface area contributed by atoms with Crippen LogP contribution in [0.5, 0.6) is 0 Å². The molecular formula is C13H16ClNO4. The third-order valence-corrected chi connectivity index (χ3v) is 2.85. The average molecular weight is 286 g/mol. The number of amides is 1. The summed E-state index contributed by atoms with van der Waals surface area (Å²) in [5.41, 5.74) is -0.635. The number of hydrogen-bond donors (Lipinski definition) is 4. The van der Waals surface area contributed by atoms with Crippen LogP contribution in [0.15, 0.2) is 30.3 Å². The summed E-state index contributed by atoms with van der Waals surface area (Å²) in [5, 5.41) is 30.2. The molecule has 1 aromatic rings. The van der Waals surface area contributed by atoms with Crippen molar-refractivity contribution in [2.75, 3.05) is 19.8 Å². The first kappa shape index (κ1) is 15.7. The molecule has 0 saturated heterocycles. The molecule has 0 heterocycles. The van der Waals surface area contributed by atoms with Crippen molar-refractivity contribution in [3.8, 4) is 0 Å². The van der Waals surface area contributed by atoms with E-state index >= 15 is 0 Å². The fourth-order valence-electron chi connectivity index (χ4n) is 1.32. The van der Waals surface area contributed by atoms with Crippen molar-refractivity contribution in [1.82, 2.24) is 5.32 Å². The molecular weight excluding hydrogens is 270 g/mol. The zero-order chi connectivity index (χ0) is 14.3. The van der Waals surface area contributed by atoms with E-state index in [4.69, 9.17) is 26.9 Å². The lowest BCUT2D eigenvalue weighted by Crippen LogP contribution is -2.56. The number of carbonyl (C=O) groups is 1. The van der Waals surface area contributed by atoms with Gasteiger partial charge in [-0.2, -0.15) is 0 Å². The Kier molecular flexibility index (Phi) is 5.98. The number of aliphatic hydroxyl groups is 3. The molecule has 104 valence electrons. The lowest BCUT2D eigenvalue weighted by Gasteiger charge is -2.27. The SMILES string of the molecule is O=C(/C=C/c1ccc(Cl)cc1)NC(CO)(CO)CO. The molecule has 0 saturated carbocycles. The molecule has 1 aromatic carbocycles. The van der Waals surface area contributed by atoms with Crippen LogP contribution >= 0.6 is 11.6 Å². The molecule has 0 aliphatic carbocycles. The van der Waals surface area contributed by atoms with Crippen LogP contribution in [0, 0.1) is 0 Å². The molecule has 0 atom stereocenters. The maximum Gasteiger partial charge on any atom is 0.244 e. The quantitative estimate of drug-likeness (QED) is 0.562. The second-order valence-corrected chi connectivity index (χ2v) is 4.57. The predicted octanol–water partition coefficient (Wildman–Crippen LogP) is 0.185. The van der Waals surface area contributed by atoms with E-state index in [1.807, 2.05) is 0 Å². The summed E-state index contributed by atoms with van der Waals surface area (Å²) in [6.07, 6.45) is 2.81. The van der Waals surface area contributed by atoms with Crippen LogP contribution in [-0.4, -0.2) is 46.6 Å². The number of hydrogen-bond acceptors (Lipinski definition) is 4. The molecule has 0 aromatic heterocycles. The van der Waals surface area contributed by atoms with Gasteiger partial charge in [0.2, 0.25) is 5.91 Å². The average Bonchev–Trinajstić information content (AvgIpc) is 2.44. The summed E-state index contributed by atoms with van der Waals surface area (Å²) in [6.45, 7) is -1.67. The largest absolute Gasteiger partial charge is 0.394 e. The molecule has 0 radical (unpaired) electrons. The van der Waals surface area contributed by atoms with Crippen molar-refractivity contribution in [1.29, 1.82) is 0 Å². The lowest BCUT2D eigenvalue weighted by molar-refractivity contribution is -0.120. The number of halogens is 1. The summed E-state index contributed by atoms with van der Waals surface area (Å²) >= 11 is 5.73. The summed E-state index contributed by atoms with van der Waals surface area (Å²) in [6, 6.07) is 6.87. The fourth-order valence-corrected chi connectivity index (χ4v) is 1.44. The molecule has 0 fully saturated rings. The molecule has 19 heavy (non-hydrogen) atoms. The molecule has 0 aliphatic heterocycles. The Bertz CT molecular complexity index is 432. The van der Waals surface area contributed by atoms with Crippen molar-refractivity contribution in [3.63, 3.8) is 0 Å². The van der Waals surface area contributed by atoms with E-state index in [-0.39, 0.29) is 0 Å². The number of rotatable bonds is 6. The standard InChI is InChI=1S/C13H16ClNO4/c14-11-4-1-10(2-5-11)3-6-12(19)15-13(7-16,8-17)9-18/h1-6,16-18H,7-9H2,(H,15,19)/b6-3+. The van der Waals surface area contributed by atoms with E-state index < -0.39 is 31.3 Å². The highest BCUT2D eigenvalue weighted by Gasteiger charge is 2.28. The second-order valence-electron chi connectivity index (χ2n) is 4.13. The van der Waals surface area contributed by atoms with Crippen LogP contribution in [0.4, 0.5) is 0 Å². The van der Waals surface area contributed by atoms with Crippen LogP contribution in [0.2, 0.25) is 5.02 Å². The smallest absolute Gasteiger partial charge is 0.244 e. The van der Waals surface area contributed by atoms with E-state index in [9.17, 15) is 4.79 Å². The van der Waals surface area contributed by atoms with E-state index in [1.54, 1.807) is 30.3 Å². The van der Waals surface area contributed by atoms with Gasteiger partial charge in [0, 0.05) is 11.1 Å². The third kappa shape index (κ3) is 4.65. The summed E-state index contributed by atoms with van der Waals surface area (Å²) in [5.74, 6) is -0.521. The first-order valence-corrected chi connectivity index (χ1v) is 6.01. The Hall–Kier alpha value is -1.40. The minimum atomic E-state index is -1.42. The van der Waals surface area contributed by atoms with Gasteiger partial charge in [0.15, 0.2) is 0 Å². The Morgan fingerprint density at radius 2 is 1.68 bits per heavy atom. The van der Waals surface area contributed by atoms with Gasteiger partial charge in [-0.3, -0.25) is 4.79 Å². The zero-order valence-corrected chi connectivity index (χ0v) is 11.0. The maximum atomic E-state index is 11.6. The number of carbonyl (C=O) groups excluding carboxylic acids is 1.